The van der Waals surface area contributed by atoms with Crippen LogP contribution in [-0.4, -0.2) is 63.4 Å². The summed E-state index contributed by atoms with van der Waals surface area (Å²) in [5.41, 5.74) is 0. The molecule has 1 aromatic carbocycles. The number of morpholine rings is 1. The van der Waals surface area contributed by atoms with Gasteiger partial charge in [-0.3, -0.25) is 9.69 Å². The number of hydrogen-bond acceptors (Lipinski definition) is 5. The number of benzene rings is 1. The third kappa shape index (κ3) is 5.73. The molecule has 1 heterocycles. The summed E-state index contributed by atoms with van der Waals surface area (Å²) in [5, 5.41) is 2.95. The molecule has 1 aliphatic rings. The Morgan fingerprint density at radius 1 is 1.26 bits per heavy atom. The molecule has 1 N–H and O–H groups in total. The first kappa shape index (κ1) is 17.6. The van der Waals surface area contributed by atoms with Gasteiger partial charge < -0.3 is 19.5 Å². The molecule has 1 fully saturated rings. The molecular weight excluding hydrogens is 296 g/mol. The van der Waals surface area contributed by atoms with Crippen molar-refractivity contribution in [3.05, 3.63) is 24.3 Å². The summed E-state index contributed by atoms with van der Waals surface area (Å²) in [6, 6.07) is 7.25. The molecule has 23 heavy (non-hydrogen) atoms. The standard InChI is InChI=1S/C17H26N2O4/c1-3-16(23-15-6-4-14(21-2)5-7-15)17(20)18-8-9-19-10-12-22-13-11-19/h4-7,16H,3,8-13H2,1-2H3,(H,18,20)/t16-/m0/s1. The summed E-state index contributed by atoms with van der Waals surface area (Å²) in [7, 11) is 1.62. The summed E-state index contributed by atoms with van der Waals surface area (Å²) >= 11 is 0. The summed E-state index contributed by atoms with van der Waals surface area (Å²) in [6.07, 6.45) is 0.142. The fourth-order valence-corrected chi connectivity index (χ4v) is 2.42. The fourth-order valence-electron chi connectivity index (χ4n) is 2.42. The van der Waals surface area contributed by atoms with Crippen molar-refractivity contribution in [2.45, 2.75) is 19.4 Å². The Balaban J connectivity index is 1.75. The normalized spacial score (nSPS) is 16.6. The van der Waals surface area contributed by atoms with E-state index in [2.05, 4.69) is 10.2 Å². The van der Waals surface area contributed by atoms with E-state index in [9.17, 15) is 4.79 Å². The lowest BCUT2D eigenvalue weighted by Gasteiger charge is -2.26. The lowest BCUT2D eigenvalue weighted by molar-refractivity contribution is -0.128. The van der Waals surface area contributed by atoms with Crippen molar-refractivity contribution in [2.24, 2.45) is 0 Å². The van der Waals surface area contributed by atoms with E-state index in [0.29, 0.717) is 18.7 Å². The molecule has 0 radical (unpaired) electrons. The number of carbonyl (C=O) groups is 1. The van der Waals surface area contributed by atoms with Gasteiger partial charge in [-0.15, -0.1) is 0 Å². The third-order valence-corrected chi connectivity index (χ3v) is 3.83. The largest absolute Gasteiger partial charge is 0.497 e. The average molecular weight is 322 g/mol. The SMILES string of the molecule is CC[C@H](Oc1ccc(OC)cc1)C(=O)NCCN1CCOCC1. The monoisotopic (exact) mass is 322 g/mol. The second-order valence-corrected chi connectivity index (χ2v) is 5.44. The summed E-state index contributed by atoms with van der Waals surface area (Å²) in [5.74, 6) is 1.36. The molecule has 0 spiro atoms. The molecule has 2 rings (SSSR count). The number of nitrogens with one attached hydrogen (secondary N) is 1. The lowest BCUT2D eigenvalue weighted by atomic mass is 10.2. The number of carbonyl (C=O) groups excluding carboxylic acids is 1. The van der Waals surface area contributed by atoms with Crippen LogP contribution in [0.15, 0.2) is 24.3 Å². The first-order valence-corrected chi connectivity index (χ1v) is 8.11. The molecule has 1 aliphatic heterocycles. The highest BCUT2D eigenvalue weighted by molar-refractivity contribution is 5.81. The molecule has 1 atom stereocenters. The fraction of sp³-hybridized carbons (Fsp3) is 0.588. The van der Waals surface area contributed by atoms with Gasteiger partial charge in [0.25, 0.3) is 5.91 Å². The van der Waals surface area contributed by atoms with Crippen LogP contribution in [0, 0.1) is 0 Å². The Bertz CT molecular complexity index is 472. The molecule has 6 heteroatoms. The van der Waals surface area contributed by atoms with Gasteiger partial charge in [-0.25, -0.2) is 0 Å². The molecular formula is C17H26N2O4. The Hall–Kier alpha value is -1.79. The van der Waals surface area contributed by atoms with E-state index in [-0.39, 0.29) is 5.91 Å². The highest BCUT2D eigenvalue weighted by Gasteiger charge is 2.18. The van der Waals surface area contributed by atoms with E-state index in [1.165, 1.54) is 0 Å². The number of amides is 1. The molecule has 1 aromatic rings. The van der Waals surface area contributed by atoms with Crippen LogP contribution < -0.4 is 14.8 Å². The Morgan fingerprint density at radius 2 is 1.91 bits per heavy atom. The van der Waals surface area contributed by atoms with Gasteiger partial charge in [-0.2, -0.15) is 0 Å². The highest BCUT2D eigenvalue weighted by Crippen LogP contribution is 2.18. The van der Waals surface area contributed by atoms with E-state index in [1.54, 1.807) is 7.11 Å². The zero-order valence-electron chi connectivity index (χ0n) is 13.9. The average Bonchev–Trinajstić information content (AvgIpc) is 2.61. The minimum absolute atomic E-state index is 0.0726. The van der Waals surface area contributed by atoms with Crippen LogP contribution >= 0.6 is 0 Å². The van der Waals surface area contributed by atoms with Crippen LogP contribution in [0.25, 0.3) is 0 Å². The van der Waals surface area contributed by atoms with Gasteiger partial charge >= 0.3 is 0 Å². The van der Waals surface area contributed by atoms with Gasteiger partial charge in [0.1, 0.15) is 11.5 Å². The molecule has 6 nitrogen and oxygen atoms in total. The van der Waals surface area contributed by atoms with Crippen LogP contribution in [0.2, 0.25) is 0 Å². The van der Waals surface area contributed by atoms with Crippen LogP contribution in [0.5, 0.6) is 11.5 Å². The maximum atomic E-state index is 12.2. The minimum Gasteiger partial charge on any atom is -0.497 e. The van der Waals surface area contributed by atoms with Gasteiger partial charge in [0.05, 0.1) is 20.3 Å². The molecule has 0 aliphatic carbocycles. The molecule has 0 unspecified atom stereocenters. The van der Waals surface area contributed by atoms with Crippen molar-refractivity contribution in [2.75, 3.05) is 46.5 Å². The maximum Gasteiger partial charge on any atom is 0.261 e. The first-order valence-electron chi connectivity index (χ1n) is 8.11. The van der Waals surface area contributed by atoms with Gasteiger partial charge in [0.15, 0.2) is 6.10 Å². The number of nitrogens with zero attached hydrogens (tertiary/aromatic N) is 1. The smallest absolute Gasteiger partial charge is 0.261 e. The van der Waals surface area contributed by atoms with Gasteiger partial charge in [-0.05, 0) is 30.7 Å². The number of methoxy groups -OCH3 is 1. The maximum absolute atomic E-state index is 12.2. The van der Waals surface area contributed by atoms with E-state index in [0.717, 1.165) is 38.6 Å². The van der Waals surface area contributed by atoms with Gasteiger partial charge in [0.2, 0.25) is 0 Å². The first-order chi connectivity index (χ1) is 11.2. The molecule has 0 aromatic heterocycles. The predicted octanol–water partition coefficient (Wildman–Crippen LogP) is 1.30. The molecule has 0 bridgehead atoms. The van der Waals surface area contributed by atoms with Crippen LogP contribution in [0.1, 0.15) is 13.3 Å². The Kier molecular flexibility index (Phi) is 7.16. The van der Waals surface area contributed by atoms with Crippen molar-refractivity contribution >= 4 is 5.91 Å². The van der Waals surface area contributed by atoms with Gasteiger partial charge in [0, 0.05) is 26.2 Å². The number of hydrogen-bond donors (Lipinski definition) is 1. The van der Waals surface area contributed by atoms with Crippen molar-refractivity contribution in [1.29, 1.82) is 0 Å². The minimum atomic E-state index is -0.479. The van der Waals surface area contributed by atoms with Crippen LogP contribution in [0.4, 0.5) is 0 Å². The van der Waals surface area contributed by atoms with Gasteiger partial charge in [-0.1, -0.05) is 6.92 Å². The number of rotatable bonds is 8. The quantitative estimate of drug-likeness (QED) is 0.782. The van der Waals surface area contributed by atoms with E-state index < -0.39 is 6.10 Å². The van der Waals surface area contributed by atoms with E-state index in [1.807, 2.05) is 31.2 Å². The van der Waals surface area contributed by atoms with Crippen molar-refractivity contribution in [3.8, 4) is 11.5 Å². The Morgan fingerprint density at radius 3 is 2.52 bits per heavy atom. The van der Waals surface area contributed by atoms with E-state index in [4.69, 9.17) is 14.2 Å². The van der Waals surface area contributed by atoms with Crippen molar-refractivity contribution < 1.29 is 19.0 Å². The molecule has 1 amide bonds. The lowest BCUT2D eigenvalue weighted by Crippen LogP contribution is -2.44. The predicted molar refractivity (Wildman–Crippen MR) is 88.0 cm³/mol. The van der Waals surface area contributed by atoms with Crippen molar-refractivity contribution in [3.63, 3.8) is 0 Å². The zero-order valence-corrected chi connectivity index (χ0v) is 13.9. The van der Waals surface area contributed by atoms with Crippen molar-refractivity contribution in [1.82, 2.24) is 10.2 Å². The van der Waals surface area contributed by atoms with Crippen LogP contribution in [0.3, 0.4) is 0 Å². The third-order valence-electron chi connectivity index (χ3n) is 3.83. The highest BCUT2D eigenvalue weighted by atomic mass is 16.5. The Labute approximate surface area is 137 Å². The second kappa shape index (κ2) is 9.37. The molecule has 128 valence electrons. The molecule has 0 saturated carbocycles. The number of ether oxygens (including phenoxy) is 3. The summed E-state index contributed by atoms with van der Waals surface area (Å²) < 4.78 is 16.2. The van der Waals surface area contributed by atoms with Crippen LogP contribution in [-0.2, 0) is 9.53 Å². The van der Waals surface area contributed by atoms with E-state index >= 15 is 0 Å². The molecule has 1 saturated heterocycles. The second-order valence-electron chi connectivity index (χ2n) is 5.44. The summed E-state index contributed by atoms with van der Waals surface area (Å²) in [6.45, 7) is 6.80. The topological polar surface area (TPSA) is 60.0 Å². The zero-order chi connectivity index (χ0) is 16.5. The summed E-state index contributed by atoms with van der Waals surface area (Å²) in [4.78, 5) is 14.5.